The van der Waals surface area contributed by atoms with Crippen LogP contribution in [-0.2, 0) is 15.4 Å². The number of hydrogen-bond acceptors (Lipinski definition) is 5. The van der Waals surface area contributed by atoms with E-state index in [0.29, 0.717) is 12.1 Å². The van der Waals surface area contributed by atoms with E-state index in [1.54, 1.807) is 13.0 Å². The van der Waals surface area contributed by atoms with E-state index >= 15 is 0 Å². The second-order valence-electron chi connectivity index (χ2n) is 10.3. The largest absolute Gasteiger partial charge is 0.435 e. The van der Waals surface area contributed by atoms with Crippen molar-refractivity contribution < 1.29 is 30.7 Å². The van der Waals surface area contributed by atoms with Crippen molar-refractivity contribution in [2.75, 3.05) is 13.1 Å². The Labute approximate surface area is 218 Å². The lowest BCUT2D eigenvalue weighted by Crippen LogP contribution is -2.48. The van der Waals surface area contributed by atoms with Gasteiger partial charge in [-0.3, -0.25) is 0 Å². The van der Waals surface area contributed by atoms with Gasteiger partial charge in [-0.1, -0.05) is 26.8 Å². The summed E-state index contributed by atoms with van der Waals surface area (Å²) in [6, 6.07) is 10.2. The fraction of sp³-hybridized carbons (Fsp3) is 0.407. The quantitative estimate of drug-likeness (QED) is 0.328. The van der Waals surface area contributed by atoms with E-state index in [2.05, 4.69) is 28.8 Å². The van der Waals surface area contributed by atoms with Crippen LogP contribution in [0.4, 0.5) is 17.6 Å². The molecule has 3 aromatic rings. The van der Waals surface area contributed by atoms with E-state index in [4.69, 9.17) is 0 Å². The molecule has 0 spiro atoms. The molecule has 11 heteroatoms. The standard InChI is InChI=1S/C27H27F4N3O3S/c1-4-34(38(35,36)17-10-8-16(9-11-17)37-25(30)31)15-27-13-12-19(26(27,2)3)18-14-22(32-33-24(18)27)23-20(28)6-5-7-21(23)29/h5-11,14,19,25H,4,12-13,15H2,1-3H3/t19-,27-/m0/s1. The summed E-state index contributed by atoms with van der Waals surface area (Å²) < 4.78 is 86.9. The number of fused-ring (bicyclic) bond motifs is 5. The first-order valence-electron chi connectivity index (χ1n) is 12.3. The summed E-state index contributed by atoms with van der Waals surface area (Å²) in [7, 11) is -3.99. The van der Waals surface area contributed by atoms with E-state index in [1.165, 1.54) is 46.8 Å². The zero-order chi connectivity index (χ0) is 27.5. The number of alkyl halides is 2. The van der Waals surface area contributed by atoms with Crippen LogP contribution in [-0.4, -0.2) is 42.6 Å². The van der Waals surface area contributed by atoms with Gasteiger partial charge in [-0.05, 0) is 72.2 Å². The van der Waals surface area contributed by atoms with Gasteiger partial charge in [0, 0.05) is 18.5 Å². The van der Waals surface area contributed by atoms with Crippen molar-refractivity contribution in [3.63, 3.8) is 0 Å². The van der Waals surface area contributed by atoms with E-state index in [-0.39, 0.29) is 40.9 Å². The average Bonchev–Trinajstić information content (AvgIpc) is 3.22. The van der Waals surface area contributed by atoms with Gasteiger partial charge in [-0.25, -0.2) is 17.2 Å². The highest BCUT2D eigenvalue weighted by atomic mass is 32.2. The van der Waals surface area contributed by atoms with Gasteiger partial charge in [0.15, 0.2) is 0 Å². The first kappa shape index (κ1) is 26.6. The predicted octanol–water partition coefficient (Wildman–Crippen LogP) is 5.89. The molecule has 0 aliphatic heterocycles. The molecule has 38 heavy (non-hydrogen) atoms. The van der Waals surface area contributed by atoms with Crippen LogP contribution in [0.1, 0.15) is 50.8 Å². The molecule has 1 saturated carbocycles. The van der Waals surface area contributed by atoms with Crippen molar-refractivity contribution in [1.82, 2.24) is 14.5 Å². The van der Waals surface area contributed by atoms with Gasteiger partial charge in [0.2, 0.25) is 10.0 Å². The number of halogens is 4. The minimum atomic E-state index is -3.99. The van der Waals surface area contributed by atoms with Crippen LogP contribution < -0.4 is 4.74 Å². The van der Waals surface area contributed by atoms with E-state index in [0.717, 1.165) is 12.0 Å². The van der Waals surface area contributed by atoms with Gasteiger partial charge in [0.05, 0.1) is 21.8 Å². The first-order chi connectivity index (χ1) is 17.9. The molecule has 1 fully saturated rings. The zero-order valence-corrected chi connectivity index (χ0v) is 21.9. The third kappa shape index (κ3) is 3.98. The summed E-state index contributed by atoms with van der Waals surface area (Å²) in [6.45, 7) is 3.13. The molecule has 2 atom stereocenters. The Kier molecular flexibility index (Phi) is 6.50. The summed E-state index contributed by atoms with van der Waals surface area (Å²) >= 11 is 0. The Morgan fingerprint density at radius 3 is 2.34 bits per heavy atom. The number of rotatable bonds is 8. The van der Waals surface area contributed by atoms with E-state index in [1.807, 2.05) is 0 Å². The fourth-order valence-corrected chi connectivity index (χ4v) is 7.76. The third-order valence-corrected chi connectivity index (χ3v) is 10.3. The summed E-state index contributed by atoms with van der Waals surface area (Å²) in [4.78, 5) is -0.0422. The Bertz CT molecular complexity index is 1460. The second kappa shape index (κ2) is 9.30. The van der Waals surface area contributed by atoms with Gasteiger partial charge < -0.3 is 4.74 Å². The molecule has 202 valence electrons. The Morgan fingerprint density at radius 2 is 1.74 bits per heavy atom. The Hall–Kier alpha value is -3.05. The number of hydrogen-bond donors (Lipinski definition) is 0. The van der Waals surface area contributed by atoms with Gasteiger partial charge in [0.25, 0.3) is 0 Å². The molecule has 0 N–H and O–H groups in total. The monoisotopic (exact) mass is 549 g/mol. The van der Waals surface area contributed by atoms with Crippen molar-refractivity contribution in [1.29, 1.82) is 0 Å². The number of aromatic nitrogens is 2. The smallest absolute Gasteiger partial charge is 0.387 e. The summed E-state index contributed by atoms with van der Waals surface area (Å²) in [5.41, 5.74) is 0.255. The molecule has 0 unspecified atom stereocenters. The highest BCUT2D eigenvalue weighted by Gasteiger charge is 2.64. The maximum Gasteiger partial charge on any atom is 0.387 e. The average molecular weight is 550 g/mol. The Balaban J connectivity index is 1.52. The van der Waals surface area contributed by atoms with Gasteiger partial charge in [0.1, 0.15) is 17.4 Å². The van der Waals surface area contributed by atoms with Crippen LogP contribution in [0.5, 0.6) is 5.75 Å². The zero-order valence-electron chi connectivity index (χ0n) is 21.1. The maximum absolute atomic E-state index is 14.5. The molecule has 0 saturated heterocycles. The number of benzene rings is 2. The van der Waals surface area contributed by atoms with Crippen LogP contribution in [0.15, 0.2) is 53.4 Å². The predicted molar refractivity (Wildman–Crippen MR) is 132 cm³/mol. The molecule has 5 rings (SSSR count). The lowest BCUT2D eigenvalue weighted by Gasteiger charge is -2.41. The lowest BCUT2D eigenvalue weighted by atomic mass is 9.68. The molecule has 1 aromatic heterocycles. The van der Waals surface area contributed by atoms with Crippen LogP contribution >= 0.6 is 0 Å². The fourth-order valence-electron chi connectivity index (χ4n) is 6.25. The lowest BCUT2D eigenvalue weighted by molar-refractivity contribution is -0.0498. The molecule has 2 aliphatic rings. The number of likely N-dealkylation sites (N-methyl/N-ethyl adjacent to an activating group) is 1. The highest BCUT2D eigenvalue weighted by molar-refractivity contribution is 7.89. The summed E-state index contributed by atoms with van der Waals surface area (Å²) in [6.07, 6.45) is 1.44. The van der Waals surface area contributed by atoms with Crippen LogP contribution in [0.25, 0.3) is 11.3 Å². The molecular formula is C27H27F4N3O3S. The summed E-state index contributed by atoms with van der Waals surface area (Å²) in [5.74, 6) is -1.59. The van der Waals surface area contributed by atoms with Crippen molar-refractivity contribution in [2.24, 2.45) is 5.41 Å². The van der Waals surface area contributed by atoms with Gasteiger partial charge in [-0.15, -0.1) is 0 Å². The first-order valence-corrected chi connectivity index (χ1v) is 13.7. The second-order valence-corrected chi connectivity index (χ2v) is 12.2. The van der Waals surface area contributed by atoms with Crippen molar-refractivity contribution >= 4 is 10.0 Å². The maximum atomic E-state index is 14.5. The number of ether oxygens (including phenoxy) is 1. The van der Waals surface area contributed by atoms with Crippen LogP contribution in [0, 0.1) is 17.0 Å². The van der Waals surface area contributed by atoms with Crippen molar-refractivity contribution in [2.45, 2.75) is 56.5 Å². The molecule has 0 amide bonds. The summed E-state index contributed by atoms with van der Waals surface area (Å²) in [5, 5.41) is 8.64. The highest BCUT2D eigenvalue weighted by Crippen LogP contribution is 2.67. The van der Waals surface area contributed by atoms with E-state index < -0.39 is 39.1 Å². The third-order valence-electron chi connectivity index (χ3n) is 8.32. The van der Waals surface area contributed by atoms with Gasteiger partial charge >= 0.3 is 6.61 Å². The normalized spacial score (nSPS) is 21.8. The minimum Gasteiger partial charge on any atom is -0.435 e. The molecule has 6 nitrogen and oxygen atoms in total. The topological polar surface area (TPSA) is 72.4 Å². The van der Waals surface area contributed by atoms with E-state index in [9.17, 15) is 26.0 Å². The SMILES string of the molecule is CCN(C[C@@]12CC[C@@H](c3cc(-c4c(F)cccc4F)nnc31)C2(C)C)S(=O)(=O)c1ccc(OC(F)F)cc1. The van der Waals surface area contributed by atoms with Crippen LogP contribution in [0.3, 0.4) is 0 Å². The molecule has 1 heterocycles. The van der Waals surface area contributed by atoms with Crippen LogP contribution in [0.2, 0.25) is 0 Å². The molecule has 2 aliphatic carbocycles. The molecule has 2 aromatic carbocycles. The van der Waals surface area contributed by atoms with Crippen molar-refractivity contribution in [3.8, 4) is 17.0 Å². The number of sulfonamides is 1. The number of nitrogens with zero attached hydrogens (tertiary/aromatic N) is 3. The van der Waals surface area contributed by atoms with Gasteiger partial charge in [-0.2, -0.15) is 23.3 Å². The van der Waals surface area contributed by atoms with Crippen molar-refractivity contribution in [3.05, 3.63) is 71.4 Å². The molecular weight excluding hydrogens is 522 g/mol. The minimum absolute atomic E-state index is 0.00812. The Morgan fingerprint density at radius 1 is 1.08 bits per heavy atom. The molecule has 2 bridgehead atoms. The molecule has 0 radical (unpaired) electrons.